The highest BCUT2D eigenvalue weighted by molar-refractivity contribution is 7.99. The van der Waals surface area contributed by atoms with Crippen LogP contribution in [0.25, 0.3) is 11.4 Å². The molecule has 140 valence electrons. The van der Waals surface area contributed by atoms with Crippen LogP contribution in [0, 0.1) is 5.82 Å². The average molecular weight is 387 g/mol. The zero-order chi connectivity index (χ0) is 19.2. The largest absolute Gasteiger partial charge is 0.492 e. The van der Waals surface area contributed by atoms with Gasteiger partial charge in [-0.05, 0) is 43.3 Å². The second kappa shape index (κ2) is 8.54. The zero-order valence-corrected chi connectivity index (χ0v) is 15.4. The van der Waals surface area contributed by atoms with Crippen molar-refractivity contribution in [1.29, 1.82) is 0 Å². The maximum atomic E-state index is 13.0. The van der Waals surface area contributed by atoms with Crippen molar-refractivity contribution in [2.24, 2.45) is 0 Å². The molecule has 2 aromatic carbocycles. The topological polar surface area (TPSA) is 95.1 Å². The number of ether oxygens (including phenoxy) is 1. The van der Waals surface area contributed by atoms with Crippen LogP contribution < -0.4 is 15.9 Å². The lowest BCUT2D eigenvalue weighted by Crippen LogP contribution is -2.17. The van der Waals surface area contributed by atoms with Gasteiger partial charge in [0.05, 0.1) is 18.0 Å². The number of hydrogen-bond donors (Lipinski definition) is 2. The van der Waals surface area contributed by atoms with Gasteiger partial charge in [-0.1, -0.05) is 23.9 Å². The number of carbonyl (C=O) groups is 1. The van der Waals surface area contributed by atoms with Crippen molar-refractivity contribution in [3.63, 3.8) is 0 Å². The molecule has 0 saturated carbocycles. The fraction of sp³-hybridized carbons (Fsp3) is 0.167. The number of carbonyl (C=O) groups excluding carboxylic acids is 1. The Morgan fingerprint density at radius 2 is 1.96 bits per heavy atom. The molecule has 3 rings (SSSR count). The van der Waals surface area contributed by atoms with E-state index in [2.05, 4.69) is 15.5 Å². The number of benzene rings is 2. The van der Waals surface area contributed by atoms with Gasteiger partial charge in [-0.15, -0.1) is 10.2 Å². The lowest BCUT2D eigenvalue weighted by Gasteiger charge is -2.11. The number of nitrogen functional groups attached to an aromatic ring is 1. The summed E-state index contributed by atoms with van der Waals surface area (Å²) in [7, 11) is 0. The Bertz CT molecular complexity index is 930. The van der Waals surface area contributed by atoms with E-state index in [0.717, 1.165) is 11.8 Å². The van der Waals surface area contributed by atoms with E-state index in [-0.39, 0.29) is 17.5 Å². The second-order valence-corrected chi connectivity index (χ2v) is 6.39. The Labute approximate surface area is 159 Å². The third-order valence-electron chi connectivity index (χ3n) is 3.56. The van der Waals surface area contributed by atoms with Crippen molar-refractivity contribution in [3.05, 3.63) is 54.3 Å². The molecule has 0 saturated heterocycles. The van der Waals surface area contributed by atoms with Crippen LogP contribution in [0.5, 0.6) is 5.75 Å². The van der Waals surface area contributed by atoms with Gasteiger partial charge in [0.2, 0.25) is 11.1 Å². The summed E-state index contributed by atoms with van der Waals surface area (Å²) in [5, 5.41) is 11.2. The predicted octanol–water partition coefficient (Wildman–Crippen LogP) is 2.93. The van der Waals surface area contributed by atoms with Crippen LogP contribution >= 0.6 is 11.8 Å². The molecule has 1 amide bonds. The molecule has 0 unspecified atom stereocenters. The first-order valence-electron chi connectivity index (χ1n) is 8.19. The molecule has 0 aliphatic heterocycles. The Hall–Kier alpha value is -3.07. The summed E-state index contributed by atoms with van der Waals surface area (Å²) in [6.07, 6.45) is 0. The molecule has 0 fully saturated rings. The highest BCUT2D eigenvalue weighted by atomic mass is 32.2. The van der Waals surface area contributed by atoms with Gasteiger partial charge in [-0.3, -0.25) is 4.79 Å². The summed E-state index contributed by atoms with van der Waals surface area (Å²) in [5.41, 5.74) is 1.24. The minimum atomic E-state index is -0.347. The van der Waals surface area contributed by atoms with Crippen molar-refractivity contribution in [1.82, 2.24) is 14.9 Å². The summed E-state index contributed by atoms with van der Waals surface area (Å²) < 4.78 is 19.8. The lowest BCUT2D eigenvalue weighted by atomic mass is 10.2. The highest BCUT2D eigenvalue weighted by Crippen LogP contribution is 2.25. The van der Waals surface area contributed by atoms with Gasteiger partial charge in [0, 0.05) is 5.56 Å². The van der Waals surface area contributed by atoms with E-state index in [1.165, 1.54) is 16.8 Å². The van der Waals surface area contributed by atoms with Gasteiger partial charge in [-0.2, -0.15) is 0 Å². The molecule has 1 aromatic heterocycles. The minimum Gasteiger partial charge on any atom is -0.492 e. The van der Waals surface area contributed by atoms with Crippen molar-refractivity contribution >= 4 is 23.4 Å². The number of nitrogens with two attached hydrogens (primary N) is 1. The molecular weight excluding hydrogens is 369 g/mol. The maximum absolute atomic E-state index is 13.0. The first-order valence-corrected chi connectivity index (χ1v) is 9.18. The summed E-state index contributed by atoms with van der Waals surface area (Å²) in [5.74, 6) is 6.53. The summed E-state index contributed by atoms with van der Waals surface area (Å²) in [4.78, 5) is 12.2. The summed E-state index contributed by atoms with van der Waals surface area (Å²) in [6.45, 7) is 2.38. The third kappa shape index (κ3) is 4.56. The number of halogens is 1. The zero-order valence-electron chi connectivity index (χ0n) is 14.6. The number of para-hydroxylation sites is 2. The minimum absolute atomic E-state index is 0.0964. The van der Waals surface area contributed by atoms with Crippen LogP contribution in [-0.2, 0) is 4.79 Å². The molecular formula is C18H18FN5O2S. The molecule has 0 spiro atoms. The number of anilines is 1. The molecule has 0 radical (unpaired) electrons. The van der Waals surface area contributed by atoms with Gasteiger partial charge >= 0.3 is 0 Å². The first kappa shape index (κ1) is 18.7. The van der Waals surface area contributed by atoms with Crippen LogP contribution in [0.3, 0.4) is 0 Å². The van der Waals surface area contributed by atoms with Gasteiger partial charge in [0.1, 0.15) is 11.6 Å². The number of hydrogen-bond acceptors (Lipinski definition) is 6. The molecule has 7 nitrogen and oxygen atoms in total. The predicted molar refractivity (Wildman–Crippen MR) is 103 cm³/mol. The van der Waals surface area contributed by atoms with E-state index in [0.29, 0.717) is 34.6 Å². The quantitative estimate of drug-likeness (QED) is 0.478. The number of rotatable bonds is 7. The van der Waals surface area contributed by atoms with E-state index < -0.39 is 0 Å². The molecule has 0 atom stereocenters. The molecule has 3 N–H and O–H groups in total. The average Bonchev–Trinajstić information content (AvgIpc) is 3.03. The fourth-order valence-electron chi connectivity index (χ4n) is 2.34. The highest BCUT2D eigenvalue weighted by Gasteiger charge is 2.14. The van der Waals surface area contributed by atoms with Crippen molar-refractivity contribution < 1.29 is 13.9 Å². The summed E-state index contributed by atoms with van der Waals surface area (Å²) >= 11 is 1.15. The number of nitrogens with zero attached hydrogens (tertiary/aromatic N) is 3. The van der Waals surface area contributed by atoms with Gasteiger partial charge < -0.3 is 15.9 Å². The van der Waals surface area contributed by atoms with Gasteiger partial charge in [0.25, 0.3) is 0 Å². The van der Waals surface area contributed by atoms with Crippen molar-refractivity contribution in [3.8, 4) is 17.1 Å². The van der Waals surface area contributed by atoms with E-state index in [9.17, 15) is 9.18 Å². The molecule has 3 aromatic rings. The number of amides is 1. The van der Waals surface area contributed by atoms with E-state index >= 15 is 0 Å². The standard InChI is InChI=1S/C18H18FN5O2S/c1-2-26-15-6-4-3-5-14(15)21-16(25)11-27-18-23-22-17(24(18)20)12-7-9-13(19)10-8-12/h3-10H,2,11,20H2,1H3,(H,21,25). The van der Waals surface area contributed by atoms with Gasteiger partial charge in [-0.25, -0.2) is 9.07 Å². The Kier molecular flexibility index (Phi) is 5.92. The SMILES string of the molecule is CCOc1ccccc1NC(=O)CSc1nnc(-c2ccc(F)cc2)n1N. The van der Waals surface area contributed by atoms with Crippen molar-refractivity contribution in [2.75, 3.05) is 23.5 Å². The van der Waals surface area contributed by atoms with Crippen LogP contribution in [0.4, 0.5) is 10.1 Å². The first-order chi connectivity index (χ1) is 13.1. The van der Waals surface area contributed by atoms with Crippen LogP contribution in [-0.4, -0.2) is 33.1 Å². The second-order valence-electron chi connectivity index (χ2n) is 5.45. The maximum Gasteiger partial charge on any atom is 0.234 e. The van der Waals surface area contributed by atoms with Crippen LogP contribution in [0.2, 0.25) is 0 Å². The molecule has 9 heteroatoms. The van der Waals surface area contributed by atoms with E-state index in [4.69, 9.17) is 10.6 Å². The smallest absolute Gasteiger partial charge is 0.234 e. The van der Waals surface area contributed by atoms with Crippen LogP contribution in [0.1, 0.15) is 6.92 Å². The Morgan fingerprint density at radius 3 is 2.70 bits per heavy atom. The molecule has 0 aliphatic carbocycles. The number of aromatic nitrogens is 3. The fourth-order valence-corrected chi connectivity index (χ4v) is 3.00. The Balaban J connectivity index is 1.64. The van der Waals surface area contributed by atoms with Crippen LogP contribution in [0.15, 0.2) is 53.7 Å². The van der Waals surface area contributed by atoms with E-state index in [1.54, 1.807) is 24.3 Å². The van der Waals surface area contributed by atoms with E-state index in [1.807, 2.05) is 19.1 Å². The van der Waals surface area contributed by atoms with Crippen molar-refractivity contribution in [2.45, 2.75) is 12.1 Å². The third-order valence-corrected chi connectivity index (χ3v) is 4.50. The molecule has 27 heavy (non-hydrogen) atoms. The molecule has 1 heterocycles. The summed E-state index contributed by atoms with van der Waals surface area (Å²) in [6, 6.07) is 13.0. The van der Waals surface area contributed by atoms with Gasteiger partial charge in [0.15, 0.2) is 5.82 Å². The lowest BCUT2D eigenvalue weighted by molar-refractivity contribution is -0.113. The normalized spacial score (nSPS) is 10.6. The molecule has 0 aliphatic rings. The Morgan fingerprint density at radius 1 is 1.22 bits per heavy atom. The number of thioether (sulfide) groups is 1. The number of nitrogens with one attached hydrogen (secondary N) is 1. The molecule has 0 bridgehead atoms. The monoisotopic (exact) mass is 387 g/mol.